The number of likely N-dealkylation sites (tertiary alicyclic amines) is 1. The Hall–Kier alpha value is -1.84. The van der Waals surface area contributed by atoms with E-state index in [1.54, 1.807) is 4.90 Å². The fourth-order valence-electron chi connectivity index (χ4n) is 2.91. The SMILES string of the molecule is COC(=O)C1CN(C(=O)CCc2cccc(C)c2)CC1C. The molecular weight excluding hydrogens is 266 g/mol. The van der Waals surface area contributed by atoms with Gasteiger partial charge < -0.3 is 9.64 Å². The Bertz CT molecular complexity index is 527. The molecular formula is C17H23NO3. The number of rotatable bonds is 4. The van der Waals surface area contributed by atoms with E-state index in [2.05, 4.69) is 19.1 Å². The second-order valence-electron chi connectivity index (χ2n) is 5.89. The van der Waals surface area contributed by atoms with Gasteiger partial charge in [0, 0.05) is 19.5 Å². The maximum absolute atomic E-state index is 12.3. The quantitative estimate of drug-likeness (QED) is 0.798. The molecule has 0 bridgehead atoms. The predicted molar refractivity (Wildman–Crippen MR) is 80.8 cm³/mol. The molecule has 114 valence electrons. The second-order valence-corrected chi connectivity index (χ2v) is 5.89. The van der Waals surface area contributed by atoms with Crippen molar-refractivity contribution in [3.8, 4) is 0 Å². The van der Waals surface area contributed by atoms with Gasteiger partial charge in [0.1, 0.15) is 0 Å². The summed E-state index contributed by atoms with van der Waals surface area (Å²) in [6.07, 6.45) is 1.23. The minimum absolute atomic E-state index is 0.120. The monoisotopic (exact) mass is 289 g/mol. The zero-order valence-electron chi connectivity index (χ0n) is 13.0. The number of ether oxygens (including phenoxy) is 1. The number of amides is 1. The van der Waals surface area contributed by atoms with E-state index in [0.717, 1.165) is 6.42 Å². The van der Waals surface area contributed by atoms with Gasteiger partial charge in [-0.15, -0.1) is 0 Å². The lowest BCUT2D eigenvalue weighted by Crippen LogP contribution is -2.30. The van der Waals surface area contributed by atoms with Gasteiger partial charge in [-0.1, -0.05) is 36.8 Å². The molecule has 2 rings (SSSR count). The van der Waals surface area contributed by atoms with E-state index in [-0.39, 0.29) is 23.7 Å². The molecule has 1 amide bonds. The Labute approximate surface area is 126 Å². The summed E-state index contributed by atoms with van der Waals surface area (Å²) in [5, 5.41) is 0. The lowest BCUT2D eigenvalue weighted by atomic mass is 9.99. The van der Waals surface area contributed by atoms with Crippen molar-refractivity contribution >= 4 is 11.9 Å². The second kappa shape index (κ2) is 6.74. The molecule has 1 aliphatic heterocycles. The van der Waals surface area contributed by atoms with Crippen LogP contribution in [0.1, 0.15) is 24.5 Å². The Balaban J connectivity index is 1.88. The number of aryl methyl sites for hydroxylation is 2. The van der Waals surface area contributed by atoms with Crippen LogP contribution in [0.3, 0.4) is 0 Å². The van der Waals surface area contributed by atoms with Crippen molar-refractivity contribution in [1.29, 1.82) is 0 Å². The van der Waals surface area contributed by atoms with Gasteiger partial charge in [0.25, 0.3) is 0 Å². The number of nitrogens with zero attached hydrogens (tertiary/aromatic N) is 1. The zero-order chi connectivity index (χ0) is 15.4. The third-order valence-corrected chi connectivity index (χ3v) is 4.18. The molecule has 1 fully saturated rings. The molecule has 1 heterocycles. The Morgan fingerprint density at radius 3 is 2.76 bits per heavy atom. The van der Waals surface area contributed by atoms with Crippen molar-refractivity contribution in [2.45, 2.75) is 26.7 Å². The maximum atomic E-state index is 12.3. The lowest BCUT2D eigenvalue weighted by Gasteiger charge is -2.16. The summed E-state index contributed by atoms with van der Waals surface area (Å²) >= 11 is 0. The molecule has 1 aromatic rings. The Kier molecular flexibility index (Phi) is 4.99. The fourth-order valence-corrected chi connectivity index (χ4v) is 2.91. The summed E-state index contributed by atoms with van der Waals surface area (Å²) < 4.78 is 4.80. The summed E-state index contributed by atoms with van der Waals surface area (Å²) in [7, 11) is 1.40. The van der Waals surface area contributed by atoms with Crippen LogP contribution in [0.2, 0.25) is 0 Å². The van der Waals surface area contributed by atoms with Crippen molar-refractivity contribution in [1.82, 2.24) is 4.90 Å². The van der Waals surface area contributed by atoms with Crippen molar-refractivity contribution in [2.24, 2.45) is 11.8 Å². The van der Waals surface area contributed by atoms with Crippen molar-refractivity contribution in [2.75, 3.05) is 20.2 Å². The van der Waals surface area contributed by atoms with Crippen molar-refractivity contribution in [3.63, 3.8) is 0 Å². The minimum Gasteiger partial charge on any atom is -0.469 e. The summed E-state index contributed by atoms with van der Waals surface area (Å²) in [5.74, 6) is -0.107. The van der Waals surface area contributed by atoms with Crippen LogP contribution >= 0.6 is 0 Å². The maximum Gasteiger partial charge on any atom is 0.310 e. The first kappa shape index (κ1) is 15.5. The molecule has 0 radical (unpaired) electrons. The van der Waals surface area contributed by atoms with E-state index in [1.165, 1.54) is 18.2 Å². The van der Waals surface area contributed by atoms with Crippen LogP contribution in [0.5, 0.6) is 0 Å². The first-order valence-electron chi connectivity index (χ1n) is 7.42. The third-order valence-electron chi connectivity index (χ3n) is 4.18. The Morgan fingerprint density at radius 1 is 1.33 bits per heavy atom. The largest absolute Gasteiger partial charge is 0.469 e. The highest BCUT2D eigenvalue weighted by Gasteiger charge is 2.37. The van der Waals surface area contributed by atoms with Crippen LogP contribution in [0.15, 0.2) is 24.3 Å². The van der Waals surface area contributed by atoms with Gasteiger partial charge in [-0.05, 0) is 24.8 Å². The summed E-state index contributed by atoms with van der Waals surface area (Å²) in [6, 6.07) is 8.22. The number of benzene rings is 1. The molecule has 0 N–H and O–H groups in total. The van der Waals surface area contributed by atoms with Crippen LogP contribution in [0, 0.1) is 18.8 Å². The first-order chi connectivity index (χ1) is 10.0. The normalized spacial score (nSPS) is 21.4. The van der Waals surface area contributed by atoms with Gasteiger partial charge in [-0.25, -0.2) is 0 Å². The van der Waals surface area contributed by atoms with E-state index >= 15 is 0 Å². The average molecular weight is 289 g/mol. The summed E-state index contributed by atoms with van der Waals surface area (Å²) in [5.41, 5.74) is 2.39. The molecule has 4 heteroatoms. The number of esters is 1. The minimum atomic E-state index is -0.212. The number of hydrogen-bond acceptors (Lipinski definition) is 3. The summed E-state index contributed by atoms with van der Waals surface area (Å²) in [4.78, 5) is 25.7. The highest BCUT2D eigenvalue weighted by Crippen LogP contribution is 2.24. The van der Waals surface area contributed by atoms with E-state index in [4.69, 9.17) is 4.74 Å². The van der Waals surface area contributed by atoms with E-state index < -0.39 is 0 Å². The molecule has 2 unspecified atom stereocenters. The molecule has 4 nitrogen and oxygen atoms in total. The van der Waals surface area contributed by atoms with Crippen LogP contribution in [0.4, 0.5) is 0 Å². The molecule has 2 atom stereocenters. The van der Waals surface area contributed by atoms with Gasteiger partial charge in [0.05, 0.1) is 13.0 Å². The highest BCUT2D eigenvalue weighted by molar-refractivity contribution is 5.79. The van der Waals surface area contributed by atoms with Crippen LogP contribution in [0.25, 0.3) is 0 Å². The van der Waals surface area contributed by atoms with Crippen LogP contribution < -0.4 is 0 Å². The van der Waals surface area contributed by atoms with Gasteiger partial charge in [-0.2, -0.15) is 0 Å². The highest BCUT2D eigenvalue weighted by atomic mass is 16.5. The molecule has 0 saturated carbocycles. The van der Waals surface area contributed by atoms with Crippen LogP contribution in [-0.4, -0.2) is 37.0 Å². The number of hydrogen-bond donors (Lipinski definition) is 0. The van der Waals surface area contributed by atoms with Crippen LogP contribution in [-0.2, 0) is 20.7 Å². The fraction of sp³-hybridized carbons (Fsp3) is 0.529. The molecule has 1 aliphatic rings. The smallest absolute Gasteiger partial charge is 0.310 e. The molecule has 0 aromatic heterocycles. The van der Waals surface area contributed by atoms with E-state index in [1.807, 2.05) is 19.1 Å². The van der Waals surface area contributed by atoms with E-state index in [0.29, 0.717) is 19.5 Å². The number of carbonyl (C=O) groups is 2. The number of methoxy groups -OCH3 is 1. The van der Waals surface area contributed by atoms with Gasteiger partial charge in [0.15, 0.2) is 0 Å². The molecule has 21 heavy (non-hydrogen) atoms. The van der Waals surface area contributed by atoms with Gasteiger partial charge in [0.2, 0.25) is 5.91 Å². The van der Waals surface area contributed by atoms with Gasteiger partial charge in [-0.3, -0.25) is 9.59 Å². The first-order valence-corrected chi connectivity index (χ1v) is 7.42. The molecule has 1 saturated heterocycles. The predicted octanol–water partition coefficient (Wildman–Crippen LogP) is 2.20. The average Bonchev–Trinajstić information content (AvgIpc) is 2.86. The van der Waals surface area contributed by atoms with E-state index in [9.17, 15) is 9.59 Å². The standard InChI is InChI=1S/C17H23NO3/c1-12-5-4-6-14(9-12)7-8-16(19)18-10-13(2)15(11-18)17(20)21-3/h4-6,9,13,15H,7-8,10-11H2,1-3H3. The molecule has 1 aromatic carbocycles. The third kappa shape index (κ3) is 3.84. The van der Waals surface area contributed by atoms with Gasteiger partial charge >= 0.3 is 5.97 Å². The number of carbonyl (C=O) groups excluding carboxylic acids is 2. The Morgan fingerprint density at radius 2 is 2.10 bits per heavy atom. The zero-order valence-corrected chi connectivity index (χ0v) is 13.0. The summed E-state index contributed by atoms with van der Waals surface area (Å²) in [6.45, 7) is 5.18. The molecule has 0 spiro atoms. The molecule has 0 aliphatic carbocycles. The topological polar surface area (TPSA) is 46.6 Å². The van der Waals surface area contributed by atoms with Crippen molar-refractivity contribution in [3.05, 3.63) is 35.4 Å². The van der Waals surface area contributed by atoms with Crippen molar-refractivity contribution < 1.29 is 14.3 Å². The lowest BCUT2D eigenvalue weighted by molar-refractivity contribution is -0.146.